The first-order chi connectivity index (χ1) is 7.24. The number of thiazole rings is 1. The Balaban J connectivity index is 2.51. The SMILES string of the molecule is COc1ccc2nc(C(=O)NN)sc2c1. The number of hydrogen-bond donors (Lipinski definition) is 2. The van der Waals surface area contributed by atoms with Crippen molar-refractivity contribution < 1.29 is 9.53 Å². The highest BCUT2D eigenvalue weighted by Crippen LogP contribution is 2.25. The lowest BCUT2D eigenvalue weighted by atomic mass is 10.3. The summed E-state index contributed by atoms with van der Waals surface area (Å²) in [6.07, 6.45) is 0. The number of nitrogens with zero attached hydrogens (tertiary/aromatic N) is 1. The minimum Gasteiger partial charge on any atom is -0.497 e. The van der Waals surface area contributed by atoms with Crippen LogP contribution in [0.1, 0.15) is 9.80 Å². The van der Waals surface area contributed by atoms with Gasteiger partial charge in [0.15, 0.2) is 5.01 Å². The summed E-state index contributed by atoms with van der Waals surface area (Å²) in [6.45, 7) is 0. The number of nitrogens with two attached hydrogens (primary N) is 1. The van der Waals surface area contributed by atoms with Gasteiger partial charge in [-0.1, -0.05) is 0 Å². The molecule has 5 nitrogen and oxygen atoms in total. The highest BCUT2D eigenvalue weighted by Gasteiger charge is 2.10. The molecular formula is C9H9N3O2S. The van der Waals surface area contributed by atoms with E-state index in [1.807, 2.05) is 11.5 Å². The Morgan fingerprint density at radius 3 is 3.07 bits per heavy atom. The maximum atomic E-state index is 11.2. The zero-order valence-electron chi connectivity index (χ0n) is 7.98. The zero-order valence-corrected chi connectivity index (χ0v) is 8.80. The largest absolute Gasteiger partial charge is 0.497 e. The summed E-state index contributed by atoms with van der Waals surface area (Å²) in [7, 11) is 1.59. The number of carbonyl (C=O) groups excluding carboxylic acids is 1. The molecule has 0 aliphatic rings. The van der Waals surface area contributed by atoms with Crippen LogP contribution < -0.4 is 16.0 Å². The molecule has 2 rings (SSSR count). The first-order valence-corrected chi connectivity index (χ1v) is 5.02. The maximum Gasteiger partial charge on any atom is 0.294 e. The average Bonchev–Trinajstić information content (AvgIpc) is 2.70. The van der Waals surface area contributed by atoms with E-state index >= 15 is 0 Å². The maximum absolute atomic E-state index is 11.2. The molecule has 3 N–H and O–H groups in total. The molecule has 1 aromatic heterocycles. The van der Waals surface area contributed by atoms with Gasteiger partial charge in [0.1, 0.15) is 5.75 Å². The Kier molecular flexibility index (Phi) is 2.53. The third-order valence-electron chi connectivity index (χ3n) is 1.92. The lowest BCUT2D eigenvalue weighted by Crippen LogP contribution is -2.29. The van der Waals surface area contributed by atoms with Crippen molar-refractivity contribution in [2.45, 2.75) is 0 Å². The van der Waals surface area contributed by atoms with Gasteiger partial charge in [0, 0.05) is 0 Å². The summed E-state index contributed by atoms with van der Waals surface area (Å²) in [5, 5.41) is 0.348. The van der Waals surface area contributed by atoms with E-state index in [1.165, 1.54) is 11.3 Å². The molecule has 1 amide bonds. The van der Waals surface area contributed by atoms with Crippen LogP contribution in [0.15, 0.2) is 18.2 Å². The van der Waals surface area contributed by atoms with Gasteiger partial charge in [0.05, 0.1) is 17.3 Å². The van der Waals surface area contributed by atoms with E-state index in [4.69, 9.17) is 10.6 Å². The predicted octanol–water partition coefficient (Wildman–Crippen LogP) is 0.908. The van der Waals surface area contributed by atoms with Crippen molar-refractivity contribution >= 4 is 27.5 Å². The van der Waals surface area contributed by atoms with Crippen LogP contribution in [0.25, 0.3) is 10.2 Å². The number of rotatable bonds is 2. The number of ether oxygens (including phenoxy) is 1. The number of nitrogen functional groups attached to an aromatic ring is 1. The quantitative estimate of drug-likeness (QED) is 0.450. The van der Waals surface area contributed by atoms with Crippen LogP contribution >= 0.6 is 11.3 Å². The van der Waals surface area contributed by atoms with E-state index in [2.05, 4.69) is 4.98 Å². The molecule has 0 bridgehead atoms. The Bertz CT molecular complexity index is 509. The molecule has 0 radical (unpaired) electrons. The summed E-state index contributed by atoms with van der Waals surface area (Å²) in [6, 6.07) is 5.43. The van der Waals surface area contributed by atoms with Gasteiger partial charge in [0.2, 0.25) is 0 Å². The van der Waals surface area contributed by atoms with Crippen LogP contribution in [0.5, 0.6) is 5.75 Å². The first kappa shape index (κ1) is 9.88. The molecular weight excluding hydrogens is 214 g/mol. The minimum atomic E-state index is -0.379. The van der Waals surface area contributed by atoms with Crippen LogP contribution in [0.4, 0.5) is 0 Å². The Morgan fingerprint density at radius 2 is 2.40 bits per heavy atom. The van der Waals surface area contributed by atoms with E-state index in [1.54, 1.807) is 19.2 Å². The number of benzene rings is 1. The fourth-order valence-corrected chi connectivity index (χ4v) is 2.09. The Labute approximate surface area is 89.8 Å². The first-order valence-electron chi connectivity index (χ1n) is 4.20. The minimum absolute atomic E-state index is 0.348. The Morgan fingerprint density at radius 1 is 1.60 bits per heavy atom. The zero-order chi connectivity index (χ0) is 10.8. The summed E-state index contributed by atoms with van der Waals surface area (Å²) in [4.78, 5) is 15.3. The fourth-order valence-electron chi connectivity index (χ4n) is 1.19. The Hall–Kier alpha value is -1.66. The van der Waals surface area contributed by atoms with Crippen molar-refractivity contribution in [1.82, 2.24) is 10.4 Å². The molecule has 0 unspecified atom stereocenters. The van der Waals surface area contributed by atoms with Gasteiger partial charge in [-0.25, -0.2) is 10.8 Å². The summed E-state index contributed by atoms with van der Waals surface area (Å²) in [5.41, 5.74) is 2.81. The number of carbonyl (C=O) groups is 1. The number of amides is 1. The molecule has 0 saturated carbocycles. The number of hydrogen-bond acceptors (Lipinski definition) is 5. The molecule has 2 aromatic rings. The number of nitrogens with one attached hydrogen (secondary N) is 1. The summed E-state index contributed by atoms with van der Waals surface area (Å²) in [5.74, 6) is 5.39. The number of fused-ring (bicyclic) bond motifs is 1. The molecule has 15 heavy (non-hydrogen) atoms. The van der Waals surface area contributed by atoms with Crippen molar-refractivity contribution in [1.29, 1.82) is 0 Å². The van der Waals surface area contributed by atoms with Crippen molar-refractivity contribution in [2.24, 2.45) is 5.84 Å². The van der Waals surface area contributed by atoms with Crippen LogP contribution in [0.3, 0.4) is 0 Å². The predicted molar refractivity (Wildman–Crippen MR) is 57.8 cm³/mol. The van der Waals surface area contributed by atoms with Crippen molar-refractivity contribution in [2.75, 3.05) is 7.11 Å². The van der Waals surface area contributed by atoms with E-state index in [9.17, 15) is 4.79 Å². The second kappa shape index (κ2) is 3.84. The third kappa shape index (κ3) is 1.77. The highest BCUT2D eigenvalue weighted by molar-refractivity contribution is 7.20. The highest BCUT2D eigenvalue weighted by atomic mass is 32.1. The van der Waals surface area contributed by atoms with Gasteiger partial charge in [-0.3, -0.25) is 10.2 Å². The second-order valence-corrected chi connectivity index (χ2v) is 3.86. The lowest BCUT2D eigenvalue weighted by molar-refractivity contribution is 0.0953. The lowest BCUT2D eigenvalue weighted by Gasteiger charge is -1.96. The average molecular weight is 223 g/mol. The summed E-state index contributed by atoms with van der Waals surface area (Å²) < 4.78 is 5.97. The van der Waals surface area contributed by atoms with E-state index < -0.39 is 0 Å². The van der Waals surface area contributed by atoms with Crippen LogP contribution in [-0.4, -0.2) is 18.0 Å². The van der Waals surface area contributed by atoms with Crippen molar-refractivity contribution in [3.8, 4) is 5.75 Å². The van der Waals surface area contributed by atoms with Crippen molar-refractivity contribution in [3.05, 3.63) is 23.2 Å². The topological polar surface area (TPSA) is 77.2 Å². The van der Waals surface area contributed by atoms with Crippen LogP contribution in [-0.2, 0) is 0 Å². The van der Waals surface area contributed by atoms with Crippen LogP contribution in [0, 0.1) is 0 Å². The van der Waals surface area contributed by atoms with Gasteiger partial charge in [-0.15, -0.1) is 11.3 Å². The second-order valence-electron chi connectivity index (χ2n) is 2.83. The molecule has 6 heteroatoms. The molecule has 0 atom stereocenters. The monoisotopic (exact) mass is 223 g/mol. The van der Waals surface area contributed by atoms with E-state index in [-0.39, 0.29) is 5.91 Å². The van der Waals surface area contributed by atoms with Crippen molar-refractivity contribution in [3.63, 3.8) is 0 Å². The van der Waals surface area contributed by atoms with Gasteiger partial charge in [-0.2, -0.15) is 0 Å². The molecule has 1 aromatic carbocycles. The van der Waals surface area contributed by atoms with Crippen LogP contribution in [0.2, 0.25) is 0 Å². The molecule has 0 fully saturated rings. The normalized spacial score (nSPS) is 10.3. The smallest absolute Gasteiger partial charge is 0.294 e. The summed E-state index contributed by atoms with van der Waals surface area (Å²) >= 11 is 1.28. The van der Waals surface area contributed by atoms with Gasteiger partial charge < -0.3 is 4.74 Å². The molecule has 0 saturated heterocycles. The van der Waals surface area contributed by atoms with Gasteiger partial charge in [-0.05, 0) is 18.2 Å². The number of aromatic nitrogens is 1. The number of methoxy groups -OCH3 is 1. The standard InChI is InChI=1S/C9H9N3O2S/c1-14-5-2-3-6-7(4-5)15-9(11-6)8(13)12-10/h2-4H,10H2,1H3,(H,12,13). The van der Waals surface area contributed by atoms with E-state index in [0.717, 1.165) is 16.0 Å². The van der Waals surface area contributed by atoms with E-state index in [0.29, 0.717) is 5.01 Å². The molecule has 0 aliphatic heterocycles. The van der Waals surface area contributed by atoms with Gasteiger partial charge in [0.25, 0.3) is 5.91 Å². The molecule has 1 heterocycles. The number of hydrazine groups is 1. The molecule has 78 valence electrons. The molecule has 0 spiro atoms. The van der Waals surface area contributed by atoms with Gasteiger partial charge >= 0.3 is 0 Å². The molecule has 0 aliphatic carbocycles. The fraction of sp³-hybridized carbons (Fsp3) is 0.111. The third-order valence-corrected chi connectivity index (χ3v) is 2.94.